The maximum absolute atomic E-state index is 11.2. The predicted octanol–water partition coefficient (Wildman–Crippen LogP) is 2.46. The molecule has 0 aliphatic carbocycles. The van der Waals surface area contributed by atoms with E-state index in [0.717, 1.165) is 4.88 Å². The molecule has 3 nitrogen and oxygen atoms in total. The van der Waals surface area contributed by atoms with Crippen molar-refractivity contribution in [3.05, 3.63) is 28.0 Å². The molecule has 0 amide bonds. The molecule has 1 aromatic heterocycles. The predicted molar refractivity (Wildman–Crippen MR) is 54.9 cm³/mol. The van der Waals surface area contributed by atoms with Crippen LogP contribution < -0.4 is 0 Å². The molecule has 4 heteroatoms. The van der Waals surface area contributed by atoms with Crippen LogP contribution in [-0.4, -0.2) is 12.6 Å². The number of carbonyl (C=O) groups excluding carboxylic acids is 1. The molecular formula is C10H9NO2S. The van der Waals surface area contributed by atoms with Gasteiger partial charge in [-0.2, -0.15) is 5.26 Å². The second kappa shape index (κ2) is 5.20. The summed E-state index contributed by atoms with van der Waals surface area (Å²) in [6.45, 7) is 2.14. The van der Waals surface area contributed by atoms with E-state index in [0.29, 0.717) is 11.5 Å². The highest BCUT2D eigenvalue weighted by atomic mass is 32.1. The number of rotatable bonds is 3. The quantitative estimate of drug-likeness (QED) is 0.565. The van der Waals surface area contributed by atoms with Crippen LogP contribution in [0.5, 0.6) is 0 Å². The van der Waals surface area contributed by atoms with Gasteiger partial charge in [-0.1, -0.05) is 0 Å². The van der Waals surface area contributed by atoms with Crippen molar-refractivity contribution in [2.24, 2.45) is 0 Å². The Morgan fingerprint density at radius 3 is 3.14 bits per heavy atom. The van der Waals surface area contributed by atoms with Gasteiger partial charge in [0.25, 0.3) is 0 Å². The number of allylic oxidation sites excluding steroid dienone is 1. The summed E-state index contributed by atoms with van der Waals surface area (Å²) in [4.78, 5) is 12.7. The standard InChI is InChI=1S/C10H9NO2S/c1-2-13-10(12)9-6-5-8(14-9)4-3-7-11/h3-6H,2H2,1H3. The van der Waals surface area contributed by atoms with Crippen molar-refractivity contribution in [2.45, 2.75) is 6.92 Å². The Labute approximate surface area is 86.2 Å². The van der Waals surface area contributed by atoms with E-state index in [9.17, 15) is 4.79 Å². The third-order valence-electron chi connectivity index (χ3n) is 1.43. The van der Waals surface area contributed by atoms with Gasteiger partial charge in [0, 0.05) is 11.0 Å². The van der Waals surface area contributed by atoms with Crippen LogP contribution in [0.1, 0.15) is 21.5 Å². The SMILES string of the molecule is CCOC(=O)c1ccc(C=CC#N)s1. The first-order valence-electron chi connectivity index (χ1n) is 4.11. The van der Waals surface area contributed by atoms with E-state index in [2.05, 4.69) is 0 Å². The van der Waals surface area contributed by atoms with Gasteiger partial charge in [0.15, 0.2) is 0 Å². The summed E-state index contributed by atoms with van der Waals surface area (Å²) in [5.74, 6) is -0.311. The summed E-state index contributed by atoms with van der Waals surface area (Å²) in [6, 6.07) is 5.37. The van der Waals surface area contributed by atoms with Crippen molar-refractivity contribution in [3.63, 3.8) is 0 Å². The van der Waals surface area contributed by atoms with Crippen molar-refractivity contribution in [2.75, 3.05) is 6.61 Å². The number of carbonyl (C=O) groups is 1. The van der Waals surface area contributed by atoms with Gasteiger partial charge < -0.3 is 4.74 Å². The molecule has 0 bridgehead atoms. The molecule has 0 atom stereocenters. The molecular weight excluding hydrogens is 198 g/mol. The first-order valence-corrected chi connectivity index (χ1v) is 4.92. The Hall–Kier alpha value is -1.60. The molecule has 0 spiro atoms. The minimum Gasteiger partial charge on any atom is -0.462 e. The van der Waals surface area contributed by atoms with Gasteiger partial charge in [0.1, 0.15) is 4.88 Å². The van der Waals surface area contributed by atoms with Gasteiger partial charge in [-0.05, 0) is 25.1 Å². The van der Waals surface area contributed by atoms with Crippen molar-refractivity contribution in [1.82, 2.24) is 0 Å². The van der Waals surface area contributed by atoms with Gasteiger partial charge in [0.2, 0.25) is 0 Å². The molecule has 0 aliphatic rings. The number of hydrogen-bond acceptors (Lipinski definition) is 4. The summed E-state index contributed by atoms with van der Waals surface area (Å²) < 4.78 is 4.83. The summed E-state index contributed by atoms with van der Waals surface area (Å²) >= 11 is 1.31. The fraction of sp³-hybridized carbons (Fsp3) is 0.200. The third-order valence-corrected chi connectivity index (χ3v) is 2.46. The van der Waals surface area contributed by atoms with E-state index in [-0.39, 0.29) is 5.97 Å². The second-order valence-electron chi connectivity index (χ2n) is 2.38. The third kappa shape index (κ3) is 2.71. The van der Waals surface area contributed by atoms with Crippen molar-refractivity contribution in [1.29, 1.82) is 5.26 Å². The lowest BCUT2D eigenvalue weighted by molar-refractivity contribution is 0.0532. The highest BCUT2D eigenvalue weighted by Gasteiger charge is 2.08. The molecule has 0 fully saturated rings. The van der Waals surface area contributed by atoms with E-state index in [1.54, 1.807) is 25.1 Å². The van der Waals surface area contributed by atoms with E-state index >= 15 is 0 Å². The van der Waals surface area contributed by atoms with Gasteiger partial charge in [-0.3, -0.25) is 0 Å². The minimum atomic E-state index is -0.311. The lowest BCUT2D eigenvalue weighted by Gasteiger charge is -1.96. The average Bonchev–Trinajstić information content (AvgIpc) is 2.63. The maximum Gasteiger partial charge on any atom is 0.348 e. The van der Waals surface area contributed by atoms with Crippen LogP contribution >= 0.6 is 11.3 Å². The van der Waals surface area contributed by atoms with E-state index < -0.39 is 0 Å². The summed E-state index contributed by atoms with van der Waals surface area (Å²) in [6.07, 6.45) is 3.04. The minimum absolute atomic E-state index is 0.311. The molecule has 72 valence electrons. The number of esters is 1. The van der Waals surface area contributed by atoms with Gasteiger partial charge in [-0.15, -0.1) is 11.3 Å². The van der Waals surface area contributed by atoms with E-state index in [1.165, 1.54) is 17.4 Å². The van der Waals surface area contributed by atoms with Crippen LogP contribution in [0.4, 0.5) is 0 Å². The first kappa shape index (κ1) is 10.5. The Morgan fingerprint density at radius 2 is 2.50 bits per heavy atom. The molecule has 0 saturated carbocycles. The maximum atomic E-state index is 11.2. The second-order valence-corrected chi connectivity index (χ2v) is 3.50. The molecule has 0 aromatic carbocycles. The summed E-state index contributed by atoms with van der Waals surface area (Å²) in [7, 11) is 0. The van der Waals surface area contributed by atoms with E-state index in [1.807, 2.05) is 6.07 Å². The first-order chi connectivity index (χ1) is 6.77. The van der Waals surface area contributed by atoms with Crippen LogP contribution in [0, 0.1) is 11.3 Å². The molecule has 0 saturated heterocycles. The molecule has 0 unspecified atom stereocenters. The number of nitriles is 1. The molecule has 0 aliphatic heterocycles. The summed E-state index contributed by atoms with van der Waals surface area (Å²) in [5, 5.41) is 8.30. The Kier molecular flexibility index (Phi) is 3.89. The summed E-state index contributed by atoms with van der Waals surface area (Å²) in [5.41, 5.74) is 0. The largest absolute Gasteiger partial charge is 0.462 e. The molecule has 14 heavy (non-hydrogen) atoms. The number of thiophene rings is 1. The molecule has 0 radical (unpaired) electrons. The highest BCUT2D eigenvalue weighted by Crippen LogP contribution is 2.18. The van der Waals surface area contributed by atoms with Crippen LogP contribution in [0.3, 0.4) is 0 Å². The van der Waals surface area contributed by atoms with Crippen LogP contribution in [0.15, 0.2) is 18.2 Å². The van der Waals surface area contributed by atoms with Gasteiger partial charge in [0.05, 0.1) is 12.7 Å². The van der Waals surface area contributed by atoms with Crippen molar-refractivity contribution in [3.8, 4) is 6.07 Å². The zero-order valence-electron chi connectivity index (χ0n) is 7.69. The smallest absolute Gasteiger partial charge is 0.348 e. The lowest BCUT2D eigenvalue weighted by Crippen LogP contribution is -2.01. The lowest BCUT2D eigenvalue weighted by atomic mass is 10.4. The number of nitrogens with zero attached hydrogens (tertiary/aromatic N) is 1. The van der Waals surface area contributed by atoms with Crippen LogP contribution in [-0.2, 0) is 4.74 Å². The van der Waals surface area contributed by atoms with Crippen molar-refractivity contribution >= 4 is 23.4 Å². The van der Waals surface area contributed by atoms with E-state index in [4.69, 9.17) is 10.00 Å². The molecule has 0 N–H and O–H groups in total. The number of hydrogen-bond donors (Lipinski definition) is 0. The van der Waals surface area contributed by atoms with Crippen LogP contribution in [0.2, 0.25) is 0 Å². The topological polar surface area (TPSA) is 50.1 Å². The zero-order chi connectivity index (χ0) is 10.4. The number of ether oxygens (including phenoxy) is 1. The van der Waals surface area contributed by atoms with Crippen molar-refractivity contribution < 1.29 is 9.53 Å². The fourth-order valence-corrected chi connectivity index (χ4v) is 1.68. The molecule has 1 heterocycles. The average molecular weight is 207 g/mol. The Bertz CT molecular complexity index is 387. The van der Waals surface area contributed by atoms with Crippen LogP contribution in [0.25, 0.3) is 6.08 Å². The van der Waals surface area contributed by atoms with Gasteiger partial charge in [-0.25, -0.2) is 4.79 Å². The monoisotopic (exact) mass is 207 g/mol. The normalized spacial score (nSPS) is 10.0. The van der Waals surface area contributed by atoms with Gasteiger partial charge >= 0.3 is 5.97 Å². The molecule has 1 aromatic rings. The Balaban J connectivity index is 2.73. The fourth-order valence-electron chi connectivity index (χ4n) is 0.874. The highest BCUT2D eigenvalue weighted by molar-refractivity contribution is 7.14. The Morgan fingerprint density at radius 1 is 1.71 bits per heavy atom. The molecule has 1 rings (SSSR count). The zero-order valence-corrected chi connectivity index (χ0v) is 8.50.